The van der Waals surface area contributed by atoms with Crippen LogP contribution in [0, 0.1) is 5.41 Å². The van der Waals surface area contributed by atoms with Gasteiger partial charge in [0, 0.05) is 18.0 Å². The number of hydrogen-bond acceptors (Lipinski definition) is 7. The maximum absolute atomic E-state index is 13.1. The number of H-pyrrole nitrogens is 1. The molecule has 10 nitrogen and oxygen atoms in total. The minimum Gasteiger partial charge on any atom is -0.494 e. The molecule has 10 heteroatoms. The number of nitrogens with zero attached hydrogens (tertiary/aromatic N) is 3. The lowest BCUT2D eigenvalue weighted by Crippen LogP contribution is -2.28. The lowest BCUT2D eigenvalue weighted by atomic mass is 9.90. The van der Waals surface area contributed by atoms with Crippen molar-refractivity contribution >= 4 is 5.84 Å². The van der Waals surface area contributed by atoms with Gasteiger partial charge in [-0.15, -0.1) is 5.10 Å². The number of methoxy groups -OCH3 is 2. The summed E-state index contributed by atoms with van der Waals surface area (Å²) in [6.07, 6.45) is 0.482. The molecule has 4 aromatic rings. The molecule has 0 saturated heterocycles. The first-order chi connectivity index (χ1) is 19.2. The highest BCUT2D eigenvalue weighted by Crippen LogP contribution is 2.35. The number of rotatable bonds is 12. The molecule has 0 aliphatic carbocycles. The van der Waals surface area contributed by atoms with Gasteiger partial charge in [-0.3, -0.25) is 10.4 Å². The van der Waals surface area contributed by atoms with Crippen LogP contribution >= 0.6 is 0 Å². The Kier molecular flexibility index (Phi) is 8.90. The summed E-state index contributed by atoms with van der Waals surface area (Å²) in [6.45, 7) is 2.77. The maximum Gasteiger partial charge on any atom is 0.348 e. The standard InChI is InChI=1S/C30H36N6O4/c1-19(18-35(2)3)40-26-15-14-22(17-27(26)39-5)23(16-20-10-12-21(13-11-20)28(31)32)29-33-30(37)36(34-29)24-8-6-7-9-25(24)38-4/h6-15,17,19,23H,16,18H2,1-5H3,(H3,31,32)(H,33,34,37). The molecule has 4 N–H and O–H groups in total. The summed E-state index contributed by atoms with van der Waals surface area (Å²) in [5, 5.41) is 12.4. The number of benzene rings is 3. The third-order valence-corrected chi connectivity index (χ3v) is 6.52. The molecule has 1 aromatic heterocycles. The normalized spacial score (nSPS) is 12.7. The molecule has 2 unspecified atom stereocenters. The lowest BCUT2D eigenvalue weighted by Gasteiger charge is -2.22. The molecule has 0 spiro atoms. The molecular formula is C30H36N6O4. The molecule has 0 amide bonds. The van der Waals surface area contributed by atoms with Gasteiger partial charge in [0.15, 0.2) is 11.5 Å². The highest BCUT2D eigenvalue weighted by Gasteiger charge is 2.24. The van der Waals surface area contributed by atoms with Gasteiger partial charge in [0.1, 0.15) is 29.2 Å². The van der Waals surface area contributed by atoms with Crippen molar-refractivity contribution in [2.75, 3.05) is 34.9 Å². The third kappa shape index (κ3) is 6.52. The Hall–Kier alpha value is -4.57. The van der Waals surface area contributed by atoms with Crippen LogP contribution in [-0.4, -0.2) is 66.5 Å². The van der Waals surface area contributed by atoms with Crippen molar-refractivity contribution in [3.05, 3.63) is 99.7 Å². The Morgan fingerprint density at radius 1 is 1.02 bits per heavy atom. The number of para-hydroxylation sites is 2. The fourth-order valence-corrected chi connectivity index (χ4v) is 4.66. The highest BCUT2D eigenvalue weighted by molar-refractivity contribution is 5.94. The molecule has 1 heterocycles. The number of nitrogens with one attached hydrogen (secondary N) is 2. The molecular weight excluding hydrogens is 508 g/mol. The molecule has 210 valence electrons. The Morgan fingerprint density at radius 2 is 1.73 bits per heavy atom. The van der Waals surface area contributed by atoms with E-state index in [1.807, 2.05) is 75.6 Å². The van der Waals surface area contributed by atoms with E-state index >= 15 is 0 Å². The Labute approximate surface area is 233 Å². The maximum atomic E-state index is 13.1. The predicted octanol–water partition coefficient (Wildman–Crippen LogP) is 3.57. The Balaban J connectivity index is 1.76. The van der Waals surface area contributed by atoms with E-state index in [-0.39, 0.29) is 23.5 Å². The highest BCUT2D eigenvalue weighted by atomic mass is 16.5. The molecule has 40 heavy (non-hydrogen) atoms. The summed E-state index contributed by atoms with van der Waals surface area (Å²) in [4.78, 5) is 18.1. The van der Waals surface area contributed by atoms with E-state index in [4.69, 9.17) is 30.5 Å². The Morgan fingerprint density at radius 3 is 2.38 bits per heavy atom. The number of nitrogens with two attached hydrogens (primary N) is 1. The Bertz CT molecular complexity index is 1510. The van der Waals surface area contributed by atoms with Gasteiger partial charge in [-0.1, -0.05) is 42.5 Å². The van der Waals surface area contributed by atoms with Crippen LogP contribution in [-0.2, 0) is 6.42 Å². The van der Waals surface area contributed by atoms with E-state index < -0.39 is 0 Å². The van der Waals surface area contributed by atoms with Crippen molar-refractivity contribution in [3.8, 4) is 22.9 Å². The minimum atomic E-state index is -0.374. The van der Waals surface area contributed by atoms with Gasteiger partial charge in [0.2, 0.25) is 0 Å². The fourth-order valence-electron chi connectivity index (χ4n) is 4.66. The second-order valence-corrected chi connectivity index (χ2v) is 9.87. The van der Waals surface area contributed by atoms with E-state index in [9.17, 15) is 4.79 Å². The molecule has 2 atom stereocenters. The van der Waals surface area contributed by atoms with Crippen LogP contribution in [0.3, 0.4) is 0 Å². The van der Waals surface area contributed by atoms with Crippen LogP contribution < -0.4 is 25.6 Å². The number of amidine groups is 1. The van der Waals surface area contributed by atoms with Crippen molar-refractivity contribution in [2.24, 2.45) is 5.73 Å². The smallest absolute Gasteiger partial charge is 0.348 e. The number of ether oxygens (including phenoxy) is 3. The second kappa shape index (κ2) is 12.5. The lowest BCUT2D eigenvalue weighted by molar-refractivity contribution is 0.171. The average Bonchev–Trinajstić information content (AvgIpc) is 3.32. The third-order valence-electron chi connectivity index (χ3n) is 6.52. The van der Waals surface area contributed by atoms with Crippen LogP contribution in [0.1, 0.15) is 35.4 Å². The molecule has 0 radical (unpaired) electrons. The quantitative estimate of drug-likeness (QED) is 0.184. The minimum absolute atomic E-state index is 0.00630. The summed E-state index contributed by atoms with van der Waals surface area (Å²) < 4.78 is 18.6. The van der Waals surface area contributed by atoms with Gasteiger partial charge >= 0.3 is 5.69 Å². The van der Waals surface area contributed by atoms with Crippen molar-refractivity contribution in [2.45, 2.75) is 25.4 Å². The summed E-state index contributed by atoms with van der Waals surface area (Å²) in [5.41, 5.74) is 8.33. The first-order valence-corrected chi connectivity index (χ1v) is 13.0. The SMILES string of the molecule is COc1cc(C(Cc2ccc(C(=N)N)cc2)c2nn(-c3ccccc3OC)c(=O)[nH]2)ccc1OC(C)CN(C)C. The van der Waals surface area contributed by atoms with E-state index in [0.29, 0.717) is 40.7 Å². The fraction of sp³-hybridized carbons (Fsp3) is 0.300. The van der Waals surface area contributed by atoms with Crippen LogP contribution in [0.5, 0.6) is 17.2 Å². The monoisotopic (exact) mass is 544 g/mol. The van der Waals surface area contributed by atoms with E-state index in [0.717, 1.165) is 17.7 Å². The molecule has 3 aromatic carbocycles. The van der Waals surface area contributed by atoms with Crippen LogP contribution in [0.2, 0.25) is 0 Å². The van der Waals surface area contributed by atoms with E-state index in [1.165, 1.54) is 4.68 Å². The van der Waals surface area contributed by atoms with Crippen molar-refractivity contribution in [1.29, 1.82) is 5.41 Å². The topological polar surface area (TPSA) is 131 Å². The number of aromatic nitrogens is 3. The van der Waals surface area contributed by atoms with Crippen molar-refractivity contribution < 1.29 is 14.2 Å². The summed E-state index contributed by atoms with van der Waals surface area (Å²) in [7, 11) is 7.16. The van der Waals surface area contributed by atoms with Crippen LogP contribution in [0.15, 0.2) is 71.5 Å². The zero-order valence-corrected chi connectivity index (χ0v) is 23.5. The molecule has 0 saturated carbocycles. The molecule has 0 fully saturated rings. The predicted molar refractivity (Wildman–Crippen MR) is 155 cm³/mol. The van der Waals surface area contributed by atoms with Crippen LogP contribution in [0.25, 0.3) is 5.69 Å². The van der Waals surface area contributed by atoms with Crippen molar-refractivity contribution in [3.63, 3.8) is 0 Å². The zero-order chi connectivity index (χ0) is 28.8. The van der Waals surface area contributed by atoms with E-state index in [1.54, 1.807) is 26.4 Å². The van der Waals surface area contributed by atoms with Crippen molar-refractivity contribution in [1.82, 2.24) is 19.7 Å². The summed E-state index contributed by atoms with van der Waals surface area (Å²) in [6, 6.07) is 20.5. The number of hydrogen-bond donors (Lipinski definition) is 3. The number of aromatic amines is 1. The van der Waals surface area contributed by atoms with Crippen LogP contribution in [0.4, 0.5) is 0 Å². The largest absolute Gasteiger partial charge is 0.494 e. The molecule has 0 aliphatic heterocycles. The average molecular weight is 545 g/mol. The van der Waals surface area contributed by atoms with Gasteiger partial charge in [-0.25, -0.2) is 4.79 Å². The molecule has 0 aliphatic rings. The summed E-state index contributed by atoms with van der Waals surface area (Å²) in [5.74, 6) is 1.93. The van der Waals surface area contributed by atoms with Gasteiger partial charge in [0.05, 0.1) is 14.2 Å². The second-order valence-electron chi connectivity index (χ2n) is 9.87. The van der Waals surface area contributed by atoms with Gasteiger partial charge in [0.25, 0.3) is 0 Å². The first kappa shape index (κ1) is 28.4. The van der Waals surface area contributed by atoms with Gasteiger partial charge in [-0.05, 0) is 62.8 Å². The first-order valence-electron chi connectivity index (χ1n) is 13.0. The zero-order valence-electron chi connectivity index (χ0n) is 23.5. The number of nitrogen functional groups attached to an aromatic ring is 1. The molecule has 4 rings (SSSR count). The van der Waals surface area contributed by atoms with E-state index in [2.05, 4.69) is 9.88 Å². The molecule has 0 bridgehead atoms. The number of likely N-dealkylation sites (N-methyl/N-ethyl adjacent to an activating group) is 1. The van der Waals surface area contributed by atoms with Gasteiger partial charge in [-0.2, -0.15) is 4.68 Å². The van der Waals surface area contributed by atoms with Gasteiger partial charge < -0.3 is 24.8 Å². The summed E-state index contributed by atoms with van der Waals surface area (Å²) >= 11 is 0.